The second kappa shape index (κ2) is 7.10. The van der Waals surface area contributed by atoms with Gasteiger partial charge >= 0.3 is 5.97 Å². The summed E-state index contributed by atoms with van der Waals surface area (Å²) in [5.41, 5.74) is 1.88. The number of aromatic nitrogens is 1. The standard InChI is InChI=1S/C17H15N3O2/c1-13(11-19)22-17(21)8-7-14-12-20(10-4-9-18)16-6-3-2-5-15(14)16/h2-3,5-8,12-13H,4,10H2,1H3/b8-7+/t13-/m0/s1. The van der Waals surface area contributed by atoms with Crippen LogP contribution in [0.15, 0.2) is 36.5 Å². The minimum absolute atomic E-state index is 0.420. The van der Waals surface area contributed by atoms with Crippen LogP contribution in [0.4, 0.5) is 0 Å². The number of fused-ring (bicyclic) bond motifs is 1. The smallest absolute Gasteiger partial charge is 0.332 e. The SMILES string of the molecule is C[C@@H](C#N)OC(=O)/C=C/c1cn(CCC#N)c2ccccc12. The zero-order valence-corrected chi connectivity index (χ0v) is 12.2. The van der Waals surface area contributed by atoms with E-state index in [-0.39, 0.29) is 0 Å². The molecule has 2 aromatic rings. The number of aryl methyl sites for hydroxylation is 1. The molecule has 0 radical (unpaired) electrons. The van der Waals surface area contributed by atoms with Gasteiger partial charge in [0.2, 0.25) is 0 Å². The highest BCUT2D eigenvalue weighted by molar-refractivity contribution is 5.94. The molecule has 0 fully saturated rings. The van der Waals surface area contributed by atoms with Gasteiger partial charge in [-0.2, -0.15) is 10.5 Å². The predicted octanol–water partition coefficient (Wildman–Crippen LogP) is 3.02. The third-order valence-electron chi connectivity index (χ3n) is 3.16. The number of nitrogens with zero attached hydrogens (tertiary/aromatic N) is 3. The fourth-order valence-corrected chi connectivity index (χ4v) is 2.16. The lowest BCUT2D eigenvalue weighted by Crippen LogP contribution is -2.10. The molecule has 0 aliphatic heterocycles. The van der Waals surface area contributed by atoms with Crippen molar-refractivity contribution in [1.29, 1.82) is 10.5 Å². The van der Waals surface area contributed by atoms with Gasteiger partial charge < -0.3 is 9.30 Å². The summed E-state index contributed by atoms with van der Waals surface area (Å²) in [4.78, 5) is 11.6. The molecular formula is C17H15N3O2. The van der Waals surface area contributed by atoms with Crippen LogP contribution < -0.4 is 0 Å². The van der Waals surface area contributed by atoms with E-state index in [9.17, 15) is 4.79 Å². The van der Waals surface area contributed by atoms with Crippen LogP contribution in [-0.2, 0) is 16.1 Å². The van der Waals surface area contributed by atoms with E-state index >= 15 is 0 Å². The topological polar surface area (TPSA) is 78.8 Å². The number of para-hydroxylation sites is 1. The lowest BCUT2D eigenvalue weighted by atomic mass is 10.1. The zero-order valence-electron chi connectivity index (χ0n) is 12.2. The van der Waals surface area contributed by atoms with Gasteiger partial charge in [-0.05, 0) is 19.1 Å². The van der Waals surface area contributed by atoms with Crippen LogP contribution in [0.5, 0.6) is 0 Å². The maximum Gasteiger partial charge on any atom is 0.332 e. The van der Waals surface area contributed by atoms with E-state index in [1.54, 1.807) is 6.08 Å². The molecular weight excluding hydrogens is 278 g/mol. The summed E-state index contributed by atoms with van der Waals surface area (Å²) in [6.07, 6.45) is 4.53. The molecule has 0 saturated carbocycles. The van der Waals surface area contributed by atoms with Gasteiger partial charge in [-0.1, -0.05) is 18.2 Å². The zero-order chi connectivity index (χ0) is 15.9. The second-order valence-electron chi connectivity index (χ2n) is 4.74. The molecule has 0 aliphatic carbocycles. The summed E-state index contributed by atoms with van der Waals surface area (Å²) in [6.45, 7) is 2.11. The first kappa shape index (κ1) is 15.3. The van der Waals surface area contributed by atoms with Gasteiger partial charge in [-0.25, -0.2) is 4.79 Å². The molecule has 0 bridgehead atoms. The van der Waals surface area contributed by atoms with E-state index in [1.807, 2.05) is 41.1 Å². The quantitative estimate of drug-likeness (QED) is 0.627. The first-order valence-electron chi connectivity index (χ1n) is 6.89. The van der Waals surface area contributed by atoms with Crippen LogP contribution in [-0.4, -0.2) is 16.6 Å². The van der Waals surface area contributed by atoms with Crippen molar-refractivity contribution in [3.8, 4) is 12.1 Å². The van der Waals surface area contributed by atoms with Crippen LogP contribution in [0.1, 0.15) is 18.9 Å². The highest BCUT2D eigenvalue weighted by Gasteiger charge is 2.08. The van der Waals surface area contributed by atoms with Crippen molar-refractivity contribution in [2.45, 2.75) is 26.0 Å². The number of rotatable bonds is 5. The molecule has 0 N–H and O–H groups in total. The van der Waals surface area contributed by atoms with Gasteiger partial charge in [-0.3, -0.25) is 0 Å². The molecule has 0 aliphatic rings. The first-order chi connectivity index (χ1) is 10.7. The largest absolute Gasteiger partial charge is 0.444 e. The van der Waals surface area contributed by atoms with Crippen LogP contribution in [0.25, 0.3) is 17.0 Å². The molecule has 0 saturated heterocycles. The number of carbonyl (C=O) groups excluding carboxylic acids is 1. The van der Waals surface area contributed by atoms with E-state index in [0.717, 1.165) is 16.5 Å². The predicted molar refractivity (Wildman–Crippen MR) is 82.4 cm³/mol. The average Bonchev–Trinajstić information content (AvgIpc) is 2.89. The molecule has 0 amide bonds. The molecule has 1 aromatic heterocycles. The number of ether oxygens (including phenoxy) is 1. The van der Waals surface area contributed by atoms with Gasteiger partial charge in [0.25, 0.3) is 0 Å². The van der Waals surface area contributed by atoms with Crippen LogP contribution in [0.2, 0.25) is 0 Å². The summed E-state index contributed by atoms with van der Waals surface area (Å²) >= 11 is 0. The molecule has 5 nitrogen and oxygen atoms in total. The summed E-state index contributed by atoms with van der Waals surface area (Å²) < 4.78 is 6.86. The van der Waals surface area contributed by atoms with E-state index in [2.05, 4.69) is 6.07 Å². The number of nitriles is 2. The normalized spacial score (nSPS) is 12.0. The van der Waals surface area contributed by atoms with Gasteiger partial charge in [0, 0.05) is 35.3 Å². The Kier molecular flexibility index (Phi) is 4.95. The molecule has 0 unspecified atom stereocenters. The molecule has 2 rings (SSSR count). The summed E-state index contributed by atoms with van der Waals surface area (Å²) in [6, 6.07) is 11.7. The number of benzene rings is 1. The Balaban J connectivity index is 2.26. The van der Waals surface area contributed by atoms with E-state index in [1.165, 1.54) is 13.0 Å². The Morgan fingerprint density at radius 3 is 2.91 bits per heavy atom. The fourth-order valence-electron chi connectivity index (χ4n) is 2.16. The lowest BCUT2D eigenvalue weighted by Gasteiger charge is -2.01. The van der Waals surface area contributed by atoms with Gasteiger partial charge in [0.05, 0.1) is 12.5 Å². The number of carbonyl (C=O) groups is 1. The Morgan fingerprint density at radius 2 is 2.18 bits per heavy atom. The summed E-state index contributed by atoms with van der Waals surface area (Å²) in [7, 11) is 0. The average molecular weight is 293 g/mol. The molecule has 110 valence electrons. The van der Waals surface area contributed by atoms with Crippen molar-refractivity contribution in [2.75, 3.05) is 0 Å². The Morgan fingerprint density at radius 1 is 1.41 bits per heavy atom. The minimum atomic E-state index is -0.769. The minimum Gasteiger partial charge on any atom is -0.444 e. The number of hydrogen-bond donors (Lipinski definition) is 0. The van der Waals surface area contributed by atoms with Gasteiger partial charge in [0.15, 0.2) is 6.10 Å². The molecule has 22 heavy (non-hydrogen) atoms. The third kappa shape index (κ3) is 3.53. The van der Waals surface area contributed by atoms with Crippen LogP contribution in [0.3, 0.4) is 0 Å². The molecule has 0 spiro atoms. The number of esters is 1. The first-order valence-corrected chi connectivity index (χ1v) is 6.89. The molecule has 1 heterocycles. The van der Waals surface area contributed by atoms with E-state index < -0.39 is 12.1 Å². The fraction of sp³-hybridized carbons (Fsp3) is 0.235. The Labute approximate surface area is 128 Å². The highest BCUT2D eigenvalue weighted by Crippen LogP contribution is 2.22. The summed E-state index contributed by atoms with van der Waals surface area (Å²) in [5, 5.41) is 18.3. The third-order valence-corrected chi connectivity index (χ3v) is 3.16. The monoisotopic (exact) mass is 293 g/mol. The van der Waals surface area contributed by atoms with Crippen molar-refractivity contribution in [2.24, 2.45) is 0 Å². The van der Waals surface area contributed by atoms with Crippen molar-refractivity contribution in [3.63, 3.8) is 0 Å². The van der Waals surface area contributed by atoms with Gasteiger partial charge in [0.1, 0.15) is 6.07 Å². The maximum atomic E-state index is 11.6. The lowest BCUT2D eigenvalue weighted by molar-refractivity contribution is -0.139. The molecule has 5 heteroatoms. The Bertz CT molecular complexity index is 790. The highest BCUT2D eigenvalue weighted by atomic mass is 16.5. The van der Waals surface area contributed by atoms with Crippen molar-refractivity contribution in [3.05, 3.63) is 42.1 Å². The Hall–Kier alpha value is -3.05. The van der Waals surface area contributed by atoms with Crippen molar-refractivity contribution in [1.82, 2.24) is 4.57 Å². The summed E-state index contributed by atoms with van der Waals surface area (Å²) in [5.74, 6) is -0.553. The van der Waals surface area contributed by atoms with Crippen molar-refractivity contribution < 1.29 is 9.53 Å². The number of hydrogen-bond acceptors (Lipinski definition) is 4. The van der Waals surface area contributed by atoms with E-state index in [0.29, 0.717) is 13.0 Å². The maximum absolute atomic E-state index is 11.6. The molecule has 1 aromatic carbocycles. The van der Waals surface area contributed by atoms with Crippen LogP contribution in [0, 0.1) is 22.7 Å². The van der Waals surface area contributed by atoms with Crippen LogP contribution >= 0.6 is 0 Å². The van der Waals surface area contributed by atoms with E-state index in [4.69, 9.17) is 15.3 Å². The second-order valence-corrected chi connectivity index (χ2v) is 4.74. The molecule has 1 atom stereocenters. The van der Waals surface area contributed by atoms with Gasteiger partial charge in [-0.15, -0.1) is 0 Å². The van der Waals surface area contributed by atoms with Crippen molar-refractivity contribution >= 4 is 22.9 Å².